The molecule has 0 bridgehead atoms. The minimum Gasteiger partial charge on any atom is -0.490 e. The van der Waals surface area contributed by atoms with Crippen molar-refractivity contribution in [1.29, 1.82) is 0 Å². The zero-order chi connectivity index (χ0) is 21.9. The Labute approximate surface area is 174 Å². The molecule has 0 saturated carbocycles. The standard InChI is InChI=1S/C20H23N3O6S/c1-14-6-8-16(30(27,28)22-10-4-3-5-11-22)13-17(14)21-20(24)15-7-9-19(29-2)18(12-15)23(25)26/h6-9,12-13H,3-5,10-11H2,1-2H3,(H,21,24). The Kier molecular flexibility index (Phi) is 6.37. The number of sulfonamides is 1. The van der Waals surface area contributed by atoms with Gasteiger partial charge in [0.15, 0.2) is 5.75 Å². The van der Waals surface area contributed by atoms with Crippen LogP contribution >= 0.6 is 0 Å². The summed E-state index contributed by atoms with van der Waals surface area (Å²) >= 11 is 0. The van der Waals surface area contributed by atoms with Crippen molar-refractivity contribution in [2.75, 3.05) is 25.5 Å². The Bertz CT molecular complexity index is 1080. The van der Waals surface area contributed by atoms with Gasteiger partial charge in [-0.1, -0.05) is 12.5 Å². The molecule has 160 valence electrons. The molecule has 3 rings (SSSR count). The van der Waals surface area contributed by atoms with Gasteiger partial charge in [0.1, 0.15) is 0 Å². The van der Waals surface area contributed by atoms with E-state index in [0.717, 1.165) is 25.3 Å². The van der Waals surface area contributed by atoms with E-state index in [0.29, 0.717) is 24.3 Å². The Morgan fingerprint density at radius 1 is 1.13 bits per heavy atom. The maximum atomic E-state index is 12.9. The lowest BCUT2D eigenvalue weighted by atomic mass is 10.1. The molecular weight excluding hydrogens is 410 g/mol. The van der Waals surface area contributed by atoms with Crippen molar-refractivity contribution in [3.8, 4) is 5.75 Å². The second-order valence-corrected chi connectivity index (χ2v) is 8.98. The summed E-state index contributed by atoms with van der Waals surface area (Å²) < 4.78 is 32.2. The summed E-state index contributed by atoms with van der Waals surface area (Å²) in [5.41, 5.74) is 0.731. The number of amides is 1. The number of nitrogens with one attached hydrogen (secondary N) is 1. The normalized spacial score (nSPS) is 14.9. The first-order valence-corrected chi connectivity index (χ1v) is 10.9. The topological polar surface area (TPSA) is 119 Å². The van der Waals surface area contributed by atoms with Gasteiger partial charge < -0.3 is 10.1 Å². The number of nitro groups is 1. The number of hydrogen-bond donors (Lipinski definition) is 1. The third kappa shape index (κ3) is 4.44. The maximum absolute atomic E-state index is 12.9. The lowest BCUT2D eigenvalue weighted by Gasteiger charge is -2.26. The summed E-state index contributed by atoms with van der Waals surface area (Å²) in [6, 6.07) is 8.45. The van der Waals surface area contributed by atoms with Crippen LogP contribution in [0.3, 0.4) is 0 Å². The van der Waals surface area contributed by atoms with Crippen molar-refractivity contribution in [3.05, 3.63) is 57.6 Å². The van der Waals surface area contributed by atoms with Gasteiger partial charge in [-0.25, -0.2) is 8.42 Å². The minimum absolute atomic E-state index is 0.0438. The predicted molar refractivity (Wildman–Crippen MR) is 111 cm³/mol. The smallest absolute Gasteiger partial charge is 0.311 e. The largest absolute Gasteiger partial charge is 0.490 e. The summed E-state index contributed by atoms with van der Waals surface area (Å²) in [4.78, 5) is 23.3. The number of benzene rings is 2. The highest BCUT2D eigenvalue weighted by Gasteiger charge is 2.26. The van der Waals surface area contributed by atoms with Crippen LogP contribution in [0.1, 0.15) is 35.2 Å². The number of aryl methyl sites for hydroxylation is 1. The van der Waals surface area contributed by atoms with Crippen LogP contribution in [0.2, 0.25) is 0 Å². The SMILES string of the molecule is COc1ccc(C(=O)Nc2cc(S(=O)(=O)N3CCCCC3)ccc2C)cc1[N+](=O)[O-]. The third-order valence-corrected chi connectivity index (χ3v) is 6.94. The van der Waals surface area contributed by atoms with E-state index >= 15 is 0 Å². The van der Waals surface area contributed by atoms with Crippen LogP contribution in [0.15, 0.2) is 41.3 Å². The summed E-state index contributed by atoms with van der Waals surface area (Å²) in [5, 5.41) is 13.9. The van der Waals surface area contributed by atoms with Crippen LogP contribution in [0.4, 0.5) is 11.4 Å². The Hall–Kier alpha value is -2.98. The first-order chi connectivity index (χ1) is 14.2. The molecule has 1 aliphatic heterocycles. The lowest BCUT2D eigenvalue weighted by Crippen LogP contribution is -2.35. The molecule has 1 amide bonds. The maximum Gasteiger partial charge on any atom is 0.311 e. The number of ether oxygens (including phenoxy) is 1. The molecule has 10 heteroatoms. The zero-order valence-electron chi connectivity index (χ0n) is 16.8. The molecule has 0 aliphatic carbocycles. The average Bonchev–Trinajstić information content (AvgIpc) is 2.75. The fourth-order valence-corrected chi connectivity index (χ4v) is 4.86. The van der Waals surface area contributed by atoms with Gasteiger partial charge in [0.25, 0.3) is 5.91 Å². The number of carbonyl (C=O) groups excluding carboxylic acids is 1. The van der Waals surface area contributed by atoms with Gasteiger partial charge in [-0.3, -0.25) is 14.9 Å². The van der Waals surface area contributed by atoms with Crippen LogP contribution in [0.25, 0.3) is 0 Å². The van der Waals surface area contributed by atoms with Crippen LogP contribution in [0, 0.1) is 17.0 Å². The molecule has 9 nitrogen and oxygen atoms in total. The first-order valence-electron chi connectivity index (χ1n) is 9.48. The van der Waals surface area contributed by atoms with Gasteiger partial charge in [0.05, 0.1) is 16.9 Å². The highest BCUT2D eigenvalue weighted by molar-refractivity contribution is 7.89. The summed E-state index contributed by atoms with van der Waals surface area (Å²) in [7, 11) is -2.35. The quantitative estimate of drug-likeness (QED) is 0.551. The van der Waals surface area contributed by atoms with E-state index < -0.39 is 20.9 Å². The number of rotatable bonds is 6. The van der Waals surface area contributed by atoms with Crippen LogP contribution in [-0.2, 0) is 10.0 Å². The van der Waals surface area contributed by atoms with Crippen molar-refractivity contribution in [2.24, 2.45) is 0 Å². The number of piperidine rings is 1. The predicted octanol–water partition coefficient (Wildman–Crippen LogP) is 3.34. The molecule has 1 fully saturated rings. The molecule has 1 aliphatic rings. The monoisotopic (exact) mass is 433 g/mol. The zero-order valence-corrected chi connectivity index (χ0v) is 17.6. The highest BCUT2D eigenvalue weighted by atomic mass is 32.2. The summed E-state index contributed by atoms with van der Waals surface area (Å²) in [5.74, 6) is -0.543. The molecule has 1 N–H and O–H groups in total. The molecule has 0 radical (unpaired) electrons. The molecule has 1 heterocycles. The van der Waals surface area contributed by atoms with E-state index in [4.69, 9.17) is 4.74 Å². The fourth-order valence-electron chi connectivity index (χ4n) is 3.32. The number of nitro benzene ring substituents is 1. The molecule has 2 aromatic rings. The van der Waals surface area contributed by atoms with Crippen LogP contribution < -0.4 is 10.1 Å². The minimum atomic E-state index is -3.65. The third-order valence-electron chi connectivity index (χ3n) is 5.05. The van der Waals surface area contributed by atoms with Crippen molar-refractivity contribution >= 4 is 27.3 Å². The summed E-state index contributed by atoms with van der Waals surface area (Å²) in [6.45, 7) is 2.70. The van der Waals surface area contributed by atoms with E-state index in [1.54, 1.807) is 13.0 Å². The molecule has 30 heavy (non-hydrogen) atoms. The van der Waals surface area contributed by atoms with Gasteiger partial charge >= 0.3 is 5.69 Å². The number of anilines is 1. The van der Waals surface area contributed by atoms with Gasteiger partial charge in [-0.05, 0) is 49.6 Å². The molecule has 0 unspecified atom stereocenters. The Morgan fingerprint density at radius 2 is 1.83 bits per heavy atom. The molecule has 0 spiro atoms. The Balaban J connectivity index is 1.88. The number of methoxy groups -OCH3 is 1. The molecule has 0 atom stereocenters. The van der Waals surface area contributed by atoms with Crippen molar-refractivity contribution in [1.82, 2.24) is 4.31 Å². The molecular formula is C20H23N3O6S. The Morgan fingerprint density at radius 3 is 2.47 bits per heavy atom. The van der Waals surface area contributed by atoms with E-state index in [1.807, 2.05) is 0 Å². The second-order valence-electron chi connectivity index (χ2n) is 7.04. The van der Waals surface area contributed by atoms with E-state index in [9.17, 15) is 23.3 Å². The number of hydrogen-bond acceptors (Lipinski definition) is 6. The highest BCUT2D eigenvalue weighted by Crippen LogP contribution is 2.29. The van der Waals surface area contributed by atoms with Gasteiger partial charge in [0.2, 0.25) is 10.0 Å². The van der Waals surface area contributed by atoms with E-state index in [-0.39, 0.29) is 21.9 Å². The van der Waals surface area contributed by atoms with Gasteiger partial charge in [-0.2, -0.15) is 4.31 Å². The van der Waals surface area contributed by atoms with Crippen molar-refractivity contribution < 1.29 is 22.9 Å². The van der Waals surface area contributed by atoms with Crippen molar-refractivity contribution in [3.63, 3.8) is 0 Å². The number of carbonyl (C=O) groups is 1. The molecule has 0 aromatic heterocycles. The summed E-state index contributed by atoms with van der Waals surface area (Å²) in [6.07, 6.45) is 2.66. The second kappa shape index (κ2) is 8.80. The van der Waals surface area contributed by atoms with E-state index in [2.05, 4.69) is 5.32 Å². The van der Waals surface area contributed by atoms with E-state index in [1.165, 1.54) is 35.7 Å². The van der Waals surface area contributed by atoms with Gasteiger partial charge in [-0.15, -0.1) is 0 Å². The van der Waals surface area contributed by atoms with Gasteiger partial charge in [0, 0.05) is 30.4 Å². The molecule has 1 saturated heterocycles. The lowest BCUT2D eigenvalue weighted by molar-refractivity contribution is -0.385. The average molecular weight is 433 g/mol. The number of nitrogens with zero attached hydrogens (tertiary/aromatic N) is 2. The van der Waals surface area contributed by atoms with Crippen LogP contribution in [0.5, 0.6) is 5.75 Å². The first kappa shape index (κ1) is 21.7. The van der Waals surface area contributed by atoms with Crippen molar-refractivity contribution in [2.45, 2.75) is 31.1 Å². The fraction of sp³-hybridized carbons (Fsp3) is 0.350. The van der Waals surface area contributed by atoms with Crippen LogP contribution in [-0.4, -0.2) is 43.8 Å². The molecule has 2 aromatic carbocycles.